The Kier molecular flexibility index (Phi) is 3.34. The Labute approximate surface area is 114 Å². The number of nitrogens with zero attached hydrogens (tertiary/aromatic N) is 5. The summed E-state index contributed by atoms with van der Waals surface area (Å²) in [6.45, 7) is 6.12. The maximum Gasteiger partial charge on any atom is 0.342 e. The first-order valence-corrected chi connectivity index (χ1v) is 6.22. The van der Waals surface area contributed by atoms with Gasteiger partial charge in [-0.05, 0) is 15.9 Å². The van der Waals surface area contributed by atoms with Crippen LogP contribution in [0.2, 0.25) is 0 Å². The Morgan fingerprint density at radius 3 is 2.56 bits per heavy atom. The summed E-state index contributed by atoms with van der Waals surface area (Å²) in [5.41, 5.74) is -0.153. The molecule has 96 valence electrons. The number of halogens is 1. The Morgan fingerprint density at radius 1 is 1.28 bits per heavy atom. The van der Waals surface area contributed by atoms with Crippen LogP contribution in [0.4, 0.5) is 0 Å². The van der Waals surface area contributed by atoms with Crippen LogP contribution in [0.25, 0.3) is 0 Å². The third-order valence-electron chi connectivity index (χ3n) is 2.12. The zero-order valence-electron chi connectivity index (χ0n) is 10.7. The van der Waals surface area contributed by atoms with Crippen molar-refractivity contribution in [1.29, 1.82) is 0 Å². The van der Waals surface area contributed by atoms with E-state index >= 15 is 0 Å². The van der Waals surface area contributed by atoms with Gasteiger partial charge in [-0.3, -0.25) is 4.68 Å². The minimum Gasteiger partial charge on any atom is -0.404 e. The van der Waals surface area contributed by atoms with Crippen LogP contribution in [0.15, 0.2) is 17.0 Å². The van der Waals surface area contributed by atoms with E-state index in [1.165, 1.54) is 0 Å². The smallest absolute Gasteiger partial charge is 0.342 e. The van der Waals surface area contributed by atoms with Gasteiger partial charge in [0.1, 0.15) is 16.8 Å². The Morgan fingerprint density at radius 2 is 2.00 bits per heavy atom. The Hall–Kier alpha value is -1.50. The highest BCUT2D eigenvalue weighted by molar-refractivity contribution is 9.10. The summed E-state index contributed by atoms with van der Waals surface area (Å²) in [5, 5.41) is 4.04. The van der Waals surface area contributed by atoms with E-state index in [4.69, 9.17) is 4.74 Å². The fraction of sp³-hybridized carbons (Fsp3) is 0.455. The molecule has 0 N–H and O–H groups in total. The summed E-state index contributed by atoms with van der Waals surface area (Å²) in [6, 6.07) is 1.95. The van der Waals surface area contributed by atoms with Crippen molar-refractivity contribution in [2.24, 2.45) is 7.05 Å². The quantitative estimate of drug-likeness (QED) is 0.797. The average molecular weight is 312 g/mol. The van der Waals surface area contributed by atoms with Crippen LogP contribution in [-0.4, -0.2) is 24.7 Å². The minimum absolute atomic E-state index is 0.153. The first-order valence-electron chi connectivity index (χ1n) is 5.43. The highest BCUT2D eigenvalue weighted by atomic mass is 79.9. The van der Waals surface area contributed by atoms with Crippen molar-refractivity contribution in [3.05, 3.63) is 22.8 Å². The first kappa shape index (κ1) is 12.9. The largest absolute Gasteiger partial charge is 0.404 e. The second-order valence-electron chi connectivity index (χ2n) is 4.91. The average Bonchev–Trinajstić information content (AvgIpc) is 2.61. The standard InChI is InChI=1S/C11H14BrN5O/c1-11(2,3)9-14-7(12)5-8(15-9)18-10-13-6-17(4)16-10/h5-6H,1-4H3. The maximum atomic E-state index is 5.49. The van der Waals surface area contributed by atoms with Gasteiger partial charge < -0.3 is 4.74 Å². The summed E-state index contributed by atoms with van der Waals surface area (Å²) in [5.74, 6) is 1.12. The molecule has 0 aromatic carbocycles. The molecule has 0 radical (unpaired) electrons. The molecular formula is C11H14BrN5O. The molecule has 0 aliphatic heterocycles. The van der Waals surface area contributed by atoms with Crippen LogP contribution in [0.3, 0.4) is 0 Å². The fourth-order valence-corrected chi connectivity index (χ4v) is 1.61. The molecule has 2 aromatic heterocycles. The molecule has 0 saturated heterocycles. The van der Waals surface area contributed by atoms with Crippen molar-refractivity contribution < 1.29 is 4.74 Å². The molecule has 0 spiro atoms. The molecule has 0 aliphatic rings. The van der Waals surface area contributed by atoms with Crippen LogP contribution in [-0.2, 0) is 12.5 Å². The lowest BCUT2D eigenvalue weighted by Crippen LogP contribution is -2.16. The molecule has 2 aromatic rings. The number of hydrogen-bond acceptors (Lipinski definition) is 5. The van der Waals surface area contributed by atoms with Gasteiger partial charge in [-0.25, -0.2) is 4.98 Å². The number of ether oxygens (including phenoxy) is 1. The van der Waals surface area contributed by atoms with Gasteiger partial charge in [-0.1, -0.05) is 20.8 Å². The topological polar surface area (TPSA) is 65.7 Å². The molecule has 0 aliphatic carbocycles. The molecule has 0 unspecified atom stereocenters. The van der Waals surface area contributed by atoms with Gasteiger partial charge in [-0.15, -0.1) is 5.10 Å². The lowest BCUT2D eigenvalue weighted by atomic mass is 9.96. The maximum absolute atomic E-state index is 5.49. The molecule has 0 fully saturated rings. The van der Waals surface area contributed by atoms with Crippen molar-refractivity contribution in [2.75, 3.05) is 0 Å². The van der Waals surface area contributed by atoms with Crippen LogP contribution in [0.5, 0.6) is 11.9 Å². The Bertz CT molecular complexity index is 561. The summed E-state index contributed by atoms with van der Waals surface area (Å²) in [6.07, 6.45) is 1.57. The zero-order chi connectivity index (χ0) is 13.3. The molecule has 0 bridgehead atoms. The van der Waals surface area contributed by atoms with E-state index in [1.807, 2.05) is 20.8 Å². The second kappa shape index (κ2) is 4.64. The van der Waals surface area contributed by atoms with Gasteiger partial charge in [0, 0.05) is 18.5 Å². The molecule has 0 atom stereocenters. The number of rotatable bonds is 2. The normalized spacial score (nSPS) is 11.6. The molecule has 0 amide bonds. The van der Waals surface area contributed by atoms with Crippen LogP contribution in [0.1, 0.15) is 26.6 Å². The molecule has 18 heavy (non-hydrogen) atoms. The summed E-state index contributed by atoms with van der Waals surface area (Å²) >= 11 is 3.35. The van der Waals surface area contributed by atoms with Gasteiger partial charge in [-0.2, -0.15) is 9.97 Å². The minimum atomic E-state index is -0.153. The highest BCUT2D eigenvalue weighted by Crippen LogP contribution is 2.25. The van der Waals surface area contributed by atoms with Gasteiger partial charge in [0.2, 0.25) is 5.88 Å². The second-order valence-corrected chi connectivity index (χ2v) is 5.72. The number of aromatic nitrogens is 5. The monoisotopic (exact) mass is 311 g/mol. The van der Waals surface area contributed by atoms with Gasteiger partial charge in [0.15, 0.2) is 0 Å². The number of aryl methyl sites for hydroxylation is 1. The van der Waals surface area contributed by atoms with Crippen molar-refractivity contribution in [1.82, 2.24) is 24.7 Å². The Balaban J connectivity index is 2.31. The van der Waals surface area contributed by atoms with E-state index < -0.39 is 0 Å². The van der Waals surface area contributed by atoms with E-state index in [2.05, 4.69) is 36.0 Å². The van der Waals surface area contributed by atoms with Crippen LogP contribution >= 0.6 is 15.9 Å². The molecule has 2 rings (SSSR count). The third-order valence-corrected chi connectivity index (χ3v) is 2.52. The SMILES string of the molecule is Cn1cnc(Oc2cc(Br)nc(C(C)(C)C)n2)n1. The molecule has 2 heterocycles. The van der Waals surface area contributed by atoms with Crippen molar-refractivity contribution in [2.45, 2.75) is 26.2 Å². The van der Waals surface area contributed by atoms with Crippen LogP contribution < -0.4 is 4.74 Å². The molecule has 7 heteroatoms. The van der Waals surface area contributed by atoms with Crippen molar-refractivity contribution in [3.8, 4) is 11.9 Å². The van der Waals surface area contributed by atoms with Crippen molar-refractivity contribution >= 4 is 15.9 Å². The number of hydrogen-bond donors (Lipinski definition) is 0. The predicted octanol–water partition coefficient (Wildman–Crippen LogP) is 2.46. The zero-order valence-corrected chi connectivity index (χ0v) is 12.3. The summed E-state index contributed by atoms with van der Waals surface area (Å²) < 4.78 is 7.73. The van der Waals surface area contributed by atoms with Gasteiger partial charge >= 0.3 is 6.01 Å². The lowest BCUT2D eigenvalue weighted by molar-refractivity contribution is 0.411. The third kappa shape index (κ3) is 3.04. The van der Waals surface area contributed by atoms with E-state index in [0.29, 0.717) is 16.3 Å². The van der Waals surface area contributed by atoms with E-state index in [-0.39, 0.29) is 11.4 Å². The fourth-order valence-electron chi connectivity index (χ4n) is 1.24. The van der Waals surface area contributed by atoms with Crippen molar-refractivity contribution in [3.63, 3.8) is 0 Å². The van der Waals surface area contributed by atoms with Gasteiger partial charge in [0.05, 0.1) is 0 Å². The lowest BCUT2D eigenvalue weighted by Gasteiger charge is -2.16. The molecule has 6 nitrogen and oxygen atoms in total. The highest BCUT2D eigenvalue weighted by Gasteiger charge is 2.19. The summed E-state index contributed by atoms with van der Waals surface area (Å²) in [7, 11) is 1.77. The summed E-state index contributed by atoms with van der Waals surface area (Å²) in [4.78, 5) is 12.7. The van der Waals surface area contributed by atoms with Crippen LogP contribution in [0, 0.1) is 0 Å². The molecular weight excluding hydrogens is 298 g/mol. The first-order chi connectivity index (χ1) is 8.34. The predicted molar refractivity (Wildman–Crippen MR) is 69.5 cm³/mol. The van der Waals surface area contributed by atoms with Gasteiger partial charge in [0.25, 0.3) is 0 Å². The van der Waals surface area contributed by atoms with E-state index in [0.717, 1.165) is 0 Å². The van der Waals surface area contributed by atoms with E-state index in [1.54, 1.807) is 24.1 Å². The van der Waals surface area contributed by atoms with E-state index in [9.17, 15) is 0 Å². The molecule has 0 saturated carbocycles.